The van der Waals surface area contributed by atoms with E-state index in [1.807, 2.05) is 0 Å². The molecule has 0 aliphatic rings. The number of hydrogen-bond donors (Lipinski definition) is 0. The van der Waals surface area contributed by atoms with Gasteiger partial charge >= 0.3 is 7.82 Å². The maximum absolute atomic E-state index is 13.0. The molecule has 0 aliphatic heterocycles. The maximum Gasteiger partial charge on any atom is 0.477 e. The molecule has 0 atom stereocenters. The molecule has 0 saturated carbocycles. The van der Waals surface area contributed by atoms with Gasteiger partial charge in [0, 0.05) is 23.9 Å². The molecule has 10 heteroatoms. The molecule has 1 heterocycles. The Hall–Kier alpha value is -2.06. The molecule has 0 unspecified atom stereocenters. The number of nitro groups is 1. The quantitative estimate of drug-likeness (QED) is 0.351. The van der Waals surface area contributed by atoms with E-state index < -0.39 is 23.9 Å². The summed E-state index contributed by atoms with van der Waals surface area (Å²) in [6.45, 7) is 10.4. The second kappa shape index (κ2) is 8.13. The minimum absolute atomic E-state index is 0.0110. The van der Waals surface area contributed by atoms with E-state index in [1.54, 1.807) is 66.1 Å². The second-order valence-electron chi connectivity index (χ2n) is 8.19. The zero-order valence-corrected chi connectivity index (χ0v) is 17.8. The lowest BCUT2D eigenvalue weighted by Gasteiger charge is -2.30. The molecular formula is C18H26N3O6P. The number of nitrogens with zero attached hydrogens (tertiary/aromatic N) is 3. The highest BCUT2D eigenvalue weighted by molar-refractivity contribution is 7.48. The van der Waals surface area contributed by atoms with Gasteiger partial charge in [-0.2, -0.15) is 5.10 Å². The van der Waals surface area contributed by atoms with Crippen LogP contribution in [0.4, 0.5) is 5.69 Å². The highest BCUT2D eigenvalue weighted by Gasteiger charge is 2.37. The summed E-state index contributed by atoms with van der Waals surface area (Å²) in [5.41, 5.74) is -0.183. The minimum Gasteiger partial charge on any atom is -0.281 e. The largest absolute Gasteiger partial charge is 0.477 e. The number of aromatic nitrogens is 2. The Kier molecular flexibility index (Phi) is 6.45. The van der Waals surface area contributed by atoms with Gasteiger partial charge < -0.3 is 0 Å². The van der Waals surface area contributed by atoms with Crippen LogP contribution in [0.3, 0.4) is 0 Å². The minimum atomic E-state index is -3.86. The average molecular weight is 411 g/mol. The molecule has 0 bridgehead atoms. The Balaban J connectivity index is 2.16. The Morgan fingerprint density at radius 3 is 2.25 bits per heavy atom. The highest BCUT2D eigenvalue weighted by atomic mass is 31.2. The van der Waals surface area contributed by atoms with Crippen molar-refractivity contribution in [1.29, 1.82) is 0 Å². The summed E-state index contributed by atoms with van der Waals surface area (Å²) in [5.74, 6) is 0. The first-order valence-corrected chi connectivity index (χ1v) is 10.2. The fourth-order valence-corrected chi connectivity index (χ4v) is 4.00. The fraction of sp³-hybridized carbons (Fsp3) is 0.500. The van der Waals surface area contributed by atoms with Gasteiger partial charge in [-0.3, -0.25) is 23.7 Å². The third kappa shape index (κ3) is 6.83. The van der Waals surface area contributed by atoms with Crippen LogP contribution in [0.25, 0.3) is 11.1 Å². The Morgan fingerprint density at radius 2 is 1.71 bits per heavy atom. The van der Waals surface area contributed by atoms with Crippen molar-refractivity contribution >= 4 is 13.5 Å². The molecule has 1 aromatic heterocycles. The third-order valence-electron chi connectivity index (χ3n) is 3.14. The first-order valence-electron chi connectivity index (χ1n) is 8.70. The number of nitro benzene ring substituents is 1. The van der Waals surface area contributed by atoms with E-state index in [-0.39, 0.29) is 12.4 Å². The van der Waals surface area contributed by atoms with Gasteiger partial charge in [-0.15, -0.1) is 0 Å². The van der Waals surface area contributed by atoms with Gasteiger partial charge in [0.2, 0.25) is 0 Å². The third-order valence-corrected chi connectivity index (χ3v) is 5.12. The first kappa shape index (κ1) is 22.2. The van der Waals surface area contributed by atoms with Crippen LogP contribution in [0, 0.1) is 10.1 Å². The molecule has 0 amide bonds. The van der Waals surface area contributed by atoms with Gasteiger partial charge in [0.1, 0.15) is 0 Å². The van der Waals surface area contributed by atoms with Crippen LogP contribution >= 0.6 is 7.82 Å². The van der Waals surface area contributed by atoms with Gasteiger partial charge in [0.05, 0.1) is 22.3 Å². The molecule has 0 N–H and O–H groups in total. The van der Waals surface area contributed by atoms with E-state index in [0.717, 1.165) is 0 Å². The molecule has 0 saturated heterocycles. The Bertz CT molecular complexity index is 862. The van der Waals surface area contributed by atoms with E-state index in [4.69, 9.17) is 13.6 Å². The topological polar surface area (TPSA) is 106 Å². The predicted molar refractivity (Wildman–Crippen MR) is 105 cm³/mol. The van der Waals surface area contributed by atoms with Crippen molar-refractivity contribution in [3.05, 3.63) is 46.8 Å². The van der Waals surface area contributed by atoms with Crippen LogP contribution in [0.15, 0.2) is 36.7 Å². The molecule has 0 spiro atoms. The maximum atomic E-state index is 13.0. The molecule has 9 nitrogen and oxygen atoms in total. The van der Waals surface area contributed by atoms with Gasteiger partial charge in [-0.1, -0.05) is 12.1 Å². The molecule has 0 aliphatic carbocycles. The molecule has 154 valence electrons. The fourth-order valence-electron chi connectivity index (χ4n) is 2.25. The molecule has 1 aromatic carbocycles. The van der Waals surface area contributed by atoms with Crippen LogP contribution in [0.1, 0.15) is 41.5 Å². The van der Waals surface area contributed by atoms with E-state index >= 15 is 0 Å². The van der Waals surface area contributed by atoms with E-state index in [9.17, 15) is 14.7 Å². The summed E-state index contributed by atoms with van der Waals surface area (Å²) in [6, 6.07) is 6.22. The van der Waals surface area contributed by atoms with Crippen LogP contribution in [-0.2, 0) is 24.9 Å². The van der Waals surface area contributed by atoms with Gasteiger partial charge in [0.25, 0.3) is 5.69 Å². The average Bonchev–Trinajstić information content (AvgIpc) is 2.98. The zero-order valence-electron chi connectivity index (χ0n) is 16.9. The number of phosphoric ester groups is 1. The summed E-state index contributed by atoms with van der Waals surface area (Å²) >= 11 is 0. The molecular weight excluding hydrogens is 385 g/mol. The standard InChI is InChI=1S/C18H26N3O6P/c1-17(2,3)26-28(24,27-18(4,5)6)25-13-20-12-15(11-19-20)14-8-7-9-16(10-14)21(22)23/h7-12H,13H2,1-6H3. The van der Waals surface area contributed by atoms with Crippen LogP contribution in [0.5, 0.6) is 0 Å². The predicted octanol–water partition coefficient (Wildman–Crippen LogP) is 5.17. The zero-order chi connectivity index (χ0) is 21.2. The van der Waals surface area contributed by atoms with Crippen molar-refractivity contribution in [3.63, 3.8) is 0 Å². The number of rotatable bonds is 7. The van der Waals surface area contributed by atoms with Gasteiger partial charge in [-0.05, 0) is 47.1 Å². The Morgan fingerprint density at radius 1 is 1.11 bits per heavy atom. The summed E-state index contributed by atoms with van der Waals surface area (Å²) in [5, 5.41) is 15.1. The van der Waals surface area contributed by atoms with E-state index in [2.05, 4.69) is 5.10 Å². The van der Waals surface area contributed by atoms with Gasteiger partial charge in [0.15, 0.2) is 6.73 Å². The van der Waals surface area contributed by atoms with E-state index in [0.29, 0.717) is 11.1 Å². The Labute approximate surface area is 164 Å². The number of benzene rings is 1. The highest BCUT2D eigenvalue weighted by Crippen LogP contribution is 2.55. The normalized spacial score (nSPS) is 12.9. The lowest BCUT2D eigenvalue weighted by atomic mass is 10.1. The molecule has 0 radical (unpaired) electrons. The monoisotopic (exact) mass is 411 g/mol. The molecule has 2 aromatic rings. The SMILES string of the molecule is CC(C)(C)OP(=O)(OCn1cc(-c2cccc([N+](=O)[O-])c2)cn1)OC(C)(C)C. The summed E-state index contributed by atoms with van der Waals surface area (Å²) < 4.78 is 31.0. The van der Waals surface area contributed by atoms with Crippen molar-refractivity contribution in [2.75, 3.05) is 0 Å². The van der Waals surface area contributed by atoms with E-state index in [1.165, 1.54) is 16.8 Å². The molecule has 2 rings (SSSR count). The second-order valence-corrected chi connectivity index (χ2v) is 9.71. The van der Waals surface area contributed by atoms with Crippen LogP contribution in [-0.4, -0.2) is 25.9 Å². The lowest BCUT2D eigenvalue weighted by Crippen LogP contribution is -2.25. The van der Waals surface area contributed by atoms with Crippen molar-refractivity contribution < 1.29 is 23.1 Å². The molecule has 0 fully saturated rings. The number of hydrogen-bond acceptors (Lipinski definition) is 7. The summed E-state index contributed by atoms with van der Waals surface area (Å²) in [6.07, 6.45) is 3.18. The molecule has 28 heavy (non-hydrogen) atoms. The van der Waals surface area contributed by atoms with Gasteiger partial charge in [-0.25, -0.2) is 9.25 Å². The summed E-state index contributed by atoms with van der Waals surface area (Å²) in [4.78, 5) is 10.5. The number of non-ortho nitro benzene ring substituents is 1. The van der Waals surface area contributed by atoms with Crippen molar-refractivity contribution in [3.8, 4) is 11.1 Å². The van der Waals surface area contributed by atoms with Crippen molar-refractivity contribution in [2.24, 2.45) is 0 Å². The van der Waals surface area contributed by atoms with Crippen molar-refractivity contribution in [2.45, 2.75) is 59.5 Å². The van der Waals surface area contributed by atoms with Crippen molar-refractivity contribution in [1.82, 2.24) is 9.78 Å². The number of phosphoric acid groups is 1. The summed E-state index contributed by atoms with van der Waals surface area (Å²) in [7, 11) is -3.86. The first-order chi connectivity index (χ1) is 12.8. The van der Waals surface area contributed by atoms with Crippen LogP contribution < -0.4 is 0 Å². The smallest absolute Gasteiger partial charge is 0.281 e. The van der Waals surface area contributed by atoms with Crippen LogP contribution in [0.2, 0.25) is 0 Å². The lowest BCUT2D eigenvalue weighted by molar-refractivity contribution is -0.384.